The van der Waals surface area contributed by atoms with Crippen LogP contribution in [0.15, 0.2) is 17.0 Å². The summed E-state index contributed by atoms with van der Waals surface area (Å²) in [7, 11) is -4.43. The minimum Gasteiger partial charge on any atom is -0.282 e. The molecule has 0 amide bonds. The number of nitriles is 2. The standard InChI is InChI=1S/C12H12N2O3S/c1-12(2,3)11-8(6-13)4-10(18(15,16)17)5-9(11)7-14/h4-5H,1-3H3,(H,15,16,17). The van der Waals surface area contributed by atoms with Crippen LogP contribution in [0.4, 0.5) is 0 Å². The second-order valence-electron chi connectivity index (χ2n) is 4.84. The topological polar surface area (TPSA) is 102 Å². The maximum absolute atomic E-state index is 11.1. The average molecular weight is 264 g/mol. The van der Waals surface area contributed by atoms with E-state index in [0.29, 0.717) is 5.56 Å². The zero-order valence-corrected chi connectivity index (χ0v) is 11.0. The van der Waals surface area contributed by atoms with Crippen LogP contribution in [0.1, 0.15) is 37.5 Å². The predicted octanol–water partition coefficient (Wildman–Crippen LogP) is 1.97. The summed E-state index contributed by atoms with van der Waals surface area (Å²) >= 11 is 0. The summed E-state index contributed by atoms with van der Waals surface area (Å²) in [6, 6.07) is 5.89. The van der Waals surface area contributed by atoms with Gasteiger partial charge in [0, 0.05) is 0 Å². The molecule has 94 valence electrons. The van der Waals surface area contributed by atoms with E-state index in [1.165, 1.54) is 0 Å². The number of rotatable bonds is 1. The fourth-order valence-electron chi connectivity index (χ4n) is 1.75. The normalized spacial score (nSPS) is 11.7. The molecule has 0 aromatic heterocycles. The molecule has 0 heterocycles. The zero-order valence-electron chi connectivity index (χ0n) is 10.2. The third kappa shape index (κ3) is 2.67. The molecule has 0 aliphatic carbocycles. The molecule has 0 saturated carbocycles. The first-order valence-electron chi connectivity index (χ1n) is 5.07. The SMILES string of the molecule is CC(C)(C)c1c(C#N)cc(S(=O)(=O)O)cc1C#N. The van der Waals surface area contributed by atoms with Crippen molar-refractivity contribution in [3.8, 4) is 12.1 Å². The van der Waals surface area contributed by atoms with Gasteiger partial charge >= 0.3 is 0 Å². The van der Waals surface area contributed by atoms with Gasteiger partial charge in [-0.25, -0.2) is 0 Å². The summed E-state index contributed by atoms with van der Waals surface area (Å²) in [5, 5.41) is 18.1. The molecule has 0 bridgehead atoms. The fraction of sp³-hybridized carbons (Fsp3) is 0.333. The second-order valence-corrected chi connectivity index (χ2v) is 6.26. The zero-order chi connectivity index (χ0) is 14.1. The van der Waals surface area contributed by atoms with Crippen LogP contribution in [0, 0.1) is 22.7 Å². The molecule has 0 unspecified atom stereocenters. The highest BCUT2D eigenvalue weighted by molar-refractivity contribution is 7.85. The highest BCUT2D eigenvalue weighted by Gasteiger charge is 2.25. The van der Waals surface area contributed by atoms with Crippen LogP contribution in [0.5, 0.6) is 0 Å². The molecule has 0 aliphatic rings. The van der Waals surface area contributed by atoms with Crippen molar-refractivity contribution >= 4 is 10.1 Å². The van der Waals surface area contributed by atoms with Crippen LogP contribution >= 0.6 is 0 Å². The highest BCUT2D eigenvalue weighted by atomic mass is 32.2. The Morgan fingerprint density at radius 1 is 1.11 bits per heavy atom. The molecular weight excluding hydrogens is 252 g/mol. The molecule has 6 heteroatoms. The van der Waals surface area contributed by atoms with Crippen LogP contribution in [0.3, 0.4) is 0 Å². The van der Waals surface area contributed by atoms with E-state index in [9.17, 15) is 8.42 Å². The number of hydrogen-bond acceptors (Lipinski definition) is 4. The highest BCUT2D eigenvalue weighted by Crippen LogP contribution is 2.31. The van der Waals surface area contributed by atoms with Gasteiger partial charge in [-0.15, -0.1) is 0 Å². The smallest absolute Gasteiger partial charge is 0.282 e. The van der Waals surface area contributed by atoms with Crippen molar-refractivity contribution in [1.29, 1.82) is 10.5 Å². The molecule has 0 aliphatic heterocycles. The molecule has 0 radical (unpaired) electrons. The van der Waals surface area contributed by atoms with Crippen molar-refractivity contribution in [2.75, 3.05) is 0 Å². The molecule has 0 saturated heterocycles. The Hall–Kier alpha value is -1.89. The van der Waals surface area contributed by atoms with Crippen molar-refractivity contribution in [3.05, 3.63) is 28.8 Å². The maximum atomic E-state index is 11.1. The lowest BCUT2D eigenvalue weighted by atomic mass is 9.81. The van der Waals surface area contributed by atoms with Crippen molar-refractivity contribution in [1.82, 2.24) is 0 Å². The Morgan fingerprint density at radius 2 is 1.50 bits per heavy atom. The Balaban J connectivity index is 3.80. The molecule has 0 spiro atoms. The van der Waals surface area contributed by atoms with Gasteiger partial charge in [0.25, 0.3) is 10.1 Å². The van der Waals surface area contributed by atoms with Gasteiger partial charge in [0.1, 0.15) is 0 Å². The van der Waals surface area contributed by atoms with Gasteiger partial charge in [0.05, 0.1) is 28.2 Å². The van der Waals surface area contributed by atoms with Crippen LogP contribution in [-0.2, 0) is 15.5 Å². The first kappa shape index (κ1) is 14.2. The molecule has 18 heavy (non-hydrogen) atoms. The Morgan fingerprint density at radius 3 is 1.72 bits per heavy atom. The van der Waals surface area contributed by atoms with E-state index >= 15 is 0 Å². The third-order valence-corrected chi connectivity index (χ3v) is 3.23. The van der Waals surface area contributed by atoms with Gasteiger partial charge < -0.3 is 0 Å². The lowest BCUT2D eigenvalue weighted by molar-refractivity contribution is 0.482. The number of hydrogen-bond donors (Lipinski definition) is 1. The van der Waals surface area contributed by atoms with Crippen LogP contribution in [0.2, 0.25) is 0 Å². The van der Waals surface area contributed by atoms with E-state index in [-0.39, 0.29) is 11.1 Å². The minimum atomic E-state index is -4.43. The summed E-state index contributed by atoms with van der Waals surface area (Å²) in [5.41, 5.74) is 0.150. The molecule has 1 aromatic carbocycles. The first-order valence-corrected chi connectivity index (χ1v) is 6.51. The molecule has 1 N–H and O–H groups in total. The monoisotopic (exact) mass is 264 g/mol. The molecular formula is C12H12N2O3S. The van der Waals surface area contributed by atoms with Crippen LogP contribution in [-0.4, -0.2) is 13.0 Å². The summed E-state index contributed by atoms with van der Waals surface area (Å²) in [4.78, 5) is -0.441. The van der Waals surface area contributed by atoms with Gasteiger partial charge in [-0.3, -0.25) is 4.55 Å². The van der Waals surface area contributed by atoms with E-state index in [1.54, 1.807) is 0 Å². The first-order chi connectivity index (χ1) is 8.11. The lowest BCUT2D eigenvalue weighted by Crippen LogP contribution is -2.16. The predicted molar refractivity (Wildman–Crippen MR) is 64.4 cm³/mol. The largest absolute Gasteiger partial charge is 0.294 e. The maximum Gasteiger partial charge on any atom is 0.294 e. The van der Waals surface area contributed by atoms with E-state index in [0.717, 1.165) is 12.1 Å². The minimum absolute atomic E-state index is 0.0779. The molecule has 1 aromatic rings. The number of benzene rings is 1. The van der Waals surface area contributed by atoms with E-state index in [1.807, 2.05) is 32.9 Å². The van der Waals surface area contributed by atoms with E-state index < -0.39 is 20.4 Å². The Bertz CT molecular complexity index is 636. The van der Waals surface area contributed by atoms with Gasteiger partial charge in [-0.2, -0.15) is 18.9 Å². The lowest BCUT2D eigenvalue weighted by Gasteiger charge is -2.22. The Kier molecular flexibility index (Phi) is 3.47. The van der Waals surface area contributed by atoms with Gasteiger partial charge in [0.15, 0.2) is 0 Å². The number of nitrogens with zero attached hydrogens (tertiary/aromatic N) is 2. The quantitative estimate of drug-likeness (QED) is 0.781. The van der Waals surface area contributed by atoms with Crippen molar-refractivity contribution in [2.45, 2.75) is 31.1 Å². The van der Waals surface area contributed by atoms with E-state index in [2.05, 4.69) is 0 Å². The van der Waals surface area contributed by atoms with Crippen molar-refractivity contribution in [3.63, 3.8) is 0 Å². The molecule has 1 rings (SSSR count). The summed E-state index contributed by atoms with van der Waals surface area (Å²) < 4.78 is 31.1. The molecule has 0 fully saturated rings. The van der Waals surface area contributed by atoms with E-state index in [4.69, 9.17) is 15.1 Å². The molecule has 5 nitrogen and oxygen atoms in total. The molecule has 0 atom stereocenters. The summed E-state index contributed by atoms with van der Waals surface area (Å²) in [6.07, 6.45) is 0. The van der Waals surface area contributed by atoms with Crippen molar-refractivity contribution < 1.29 is 13.0 Å². The third-order valence-electron chi connectivity index (χ3n) is 2.40. The average Bonchev–Trinajstić information content (AvgIpc) is 2.24. The summed E-state index contributed by atoms with van der Waals surface area (Å²) in [5.74, 6) is 0. The van der Waals surface area contributed by atoms with Gasteiger partial charge in [-0.05, 0) is 23.1 Å². The van der Waals surface area contributed by atoms with Crippen LogP contribution in [0.25, 0.3) is 0 Å². The second kappa shape index (κ2) is 4.41. The Labute approximate surface area is 106 Å². The van der Waals surface area contributed by atoms with Crippen LogP contribution < -0.4 is 0 Å². The van der Waals surface area contributed by atoms with Crippen molar-refractivity contribution in [2.24, 2.45) is 0 Å². The fourth-order valence-corrected chi connectivity index (χ4v) is 2.28. The van der Waals surface area contributed by atoms with Gasteiger partial charge in [0.2, 0.25) is 0 Å². The van der Waals surface area contributed by atoms with Gasteiger partial charge in [-0.1, -0.05) is 20.8 Å². The summed E-state index contributed by atoms with van der Waals surface area (Å²) in [6.45, 7) is 5.45.